The summed E-state index contributed by atoms with van der Waals surface area (Å²) in [5, 5.41) is 6.17. The fraction of sp³-hybridized carbons (Fsp3) is 0.412. The smallest absolute Gasteiger partial charge is 0.226 e. The average molecular weight is 403 g/mol. The number of hydrogen-bond acceptors (Lipinski definition) is 4. The van der Waals surface area contributed by atoms with Crippen molar-refractivity contribution in [1.82, 2.24) is 10.3 Å². The number of aromatic nitrogens is 1. The molecule has 0 saturated heterocycles. The summed E-state index contributed by atoms with van der Waals surface area (Å²) in [6.45, 7) is 5.00. The summed E-state index contributed by atoms with van der Waals surface area (Å²) in [6, 6.07) is 5.50. The lowest BCUT2D eigenvalue weighted by Gasteiger charge is -2.06. The zero-order valence-corrected chi connectivity index (χ0v) is 16.8. The lowest BCUT2D eigenvalue weighted by molar-refractivity contribution is -0.120. The van der Waals surface area contributed by atoms with Gasteiger partial charge in [0.2, 0.25) is 5.91 Å². The number of rotatable bonds is 8. The highest BCUT2D eigenvalue weighted by molar-refractivity contribution is 8.00. The second-order valence-corrected chi connectivity index (χ2v) is 8.76. The molecule has 0 atom stereocenters. The third-order valence-electron chi connectivity index (χ3n) is 3.28. The van der Waals surface area contributed by atoms with Crippen molar-refractivity contribution in [2.45, 2.75) is 36.8 Å². The molecule has 0 fully saturated rings. The number of benzene rings is 1. The highest BCUT2D eigenvalue weighted by atomic mass is 35.5. The van der Waals surface area contributed by atoms with Crippen LogP contribution >= 0.6 is 46.3 Å². The molecule has 0 spiro atoms. The Morgan fingerprint density at radius 2 is 2.17 bits per heavy atom. The standard InChI is InChI=1S/C17H20Cl2N2OS2/c1-11(2)5-6-20-16(22)8-14-10-24-17(21-14)23-9-12-3-4-13(18)7-15(12)19/h3-4,7,10-11H,5-6,8-9H2,1-2H3,(H,20,22). The molecule has 0 aliphatic carbocycles. The van der Waals surface area contributed by atoms with E-state index in [9.17, 15) is 4.79 Å². The Labute approximate surface area is 161 Å². The van der Waals surface area contributed by atoms with Crippen LogP contribution < -0.4 is 5.32 Å². The first-order valence-electron chi connectivity index (χ1n) is 7.72. The summed E-state index contributed by atoms with van der Waals surface area (Å²) in [5.74, 6) is 1.34. The van der Waals surface area contributed by atoms with Crippen molar-refractivity contribution in [3.05, 3.63) is 44.9 Å². The van der Waals surface area contributed by atoms with Gasteiger partial charge >= 0.3 is 0 Å². The van der Waals surface area contributed by atoms with E-state index in [1.54, 1.807) is 29.2 Å². The van der Waals surface area contributed by atoms with E-state index in [1.165, 1.54) is 0 Å². The second-order valence-electron chi connectivity index (χ2n) is 5.84. The molecule has 0 saturated carbocycles. The summed E-state index contributed by atoms with van der Waals surface area (Å²) in [5.41, 5.74) is 1.83. The molecule has 0 unspecified atom stereocenters. The zero-order valence-electron chi connectivity index (χ0n) is 13.6. The molecular weight excluding hydrogens is 383 g/mol. The number of carbonyl (C=O) groups excluding carboxylic acids is 1. The topological polar surface area (TPSA) is 42.0 Å². The van der Waals surface area contributed by atoms with Gasteiger partial charge in [-0.15, -0.1) is 11.3 Å². The molecule has 0 bridgehead atoms. The number of nitrogens with one attached hydrogen (secondary N) is 1. The molecule has 2 rings (SSSR count). The lowest BCUT2D eigenvalue weighted by Crippen LogP contribution is -2.26. The number of carbonyl (C=O) groups is 1. The van der Waals surface area contributed by atoms with Crippen LogP contribution in [0.5, 0.6) is 0 Å². The van der Waals surface area contributed by atoms with Crippen LogP contribution in [0.2, 0.25) is 10.0 Å². The predicted octanol–water partition coefficient (Wildman–Crippen LogP) is 5.45. The second kappa shape index (κ2) is 9.66. The first-order chi connectivity index (χ1) is 11.4. The molecule has 1 heterocycles. The van der Waals surface area contributed by atoms with Crippen LogP contribution in [0.25, 0.3) is 0 Å². The Kier molecular flexibility index (Phi) is 7.88. The molecule has 3 nitrogen and oxygen atoms in total. The fourth-order valence-electron chi connectivity index (χ4n) is 1.94. The van der Waals surface area contributed by atoms with Crippen LogP contribution in [-0.2, 0) is 17.0 Å². The predicted molar refractivity (Wildman–Crippen MR) is 104 cm³/mol. The average Bonchev–Trinajstić information content (AvgIpc) is 2.93. The van der Waals surface area contributed by atoms with Gasteiger partial charge in [0.05, 0.1) is 12.1 Å². The number of halogens is 2. The minimum absolute atomic E-state index is 0.0262. The summed E-state index contributed by atoms with van der Waals surface area (Å²) in [4.78, 5) is 16.4. The van der Waals surface area contributed by atoms with Crippen molar-refractivity contribution < 1.29 is 4.79 Å². The summed E-state index contributed by atoms with van der Waals surface area (Å²) >= 11 is 15.2. The molecule has 1 aromatic carbocycles. The monoisotopic (exact) mass is 402 g/mol. The van der Waals surface area contributed by atoms with E-state index in [0.29, 0.717) is 22.4 Å². The van der Waals surface area contributed by atoms with Crippen molar-refractivity contribution in [1.29, 1.82) is 0 Å². The van der Waals surface area contributed by atoms with E-state index < -0.39 is 0 Å². The SMILES string of the molecule is CC(C)CCNC(=O)Cc1csc(SCc2ccc(Cl)cc2Cl)n1. The minimum atomic E-state index is 0.0262. The van der Waals surface area contributed by atoms with E-state index in [1.807, 2.05) is 17.5 Å². The largest absolute Gasteiger partial charge is 0.356 e. The molecular formula is C17H20Cl2N2OS2. The molecule has 130 valence electrons. The first kappa shape index (κ1) is 19.6. The van der Waals surface area contributed by atoms with Gasteiger partial charge in [0.15, 0.2) is 0 Å². The van der Waals surface area contributed by atoms with Gasteiger partial charge in [-0.3, -0.25) is 4.79 Å². The molecule has 1 N–H and O–H groups in total. The van der Waals surface area contributed by atoms with Gasteiger partial charge in [0, 0.05) is 27.7 Å². The molecule has 0 aliphatic rings. The maximum Gasteiger partial charge on any atom is 0.226 e. The van der Waals surface area contributed by atoms with Crippen molar-refractivity contribution in [3.8, 4) is 0 Å². The maximum absolute atomic E-state index is 11.9. The quantitative estimate of drug-likeness (QED) is 0.596. The number of nitrogens with zero attached hydrogens (tertiary/aromatic N) is 1. The van der Waals surface area contributed by atoms with Crippen LogP contribution in [0.3, 0.4) is 0 Å². The number of hydrogen-bond donors (Lipinski definition) is 1. The lowest BCUT2D eigenvalue weighted by atomic mass is 10.1. The molecule has 7 heteroatoms. The van der Waals surface area contributed by atoms with Gasteiger partial charge in [-0.2, -0.15) is 0 Å². The minimum Gasteiger partial charge on any atom is -0.356 e. The highest BCUT2D eigenvalue weighted by Crippen LogP contribution is 2.30. The molecule has 1 amide bonds. The van der Waals surface area contributed by atoms with E-state index in [4.69, 9.17) is 23.2 Å². The molecule has 0 aliphatic heterocycles. The normalized spacial score (nSPS) is 11.0. The summed E-state index contributed by atoms with van der Waals surface area (Å²) in [7, 11) is 0. The van der Waals surface area contributed by atoms with Crippen LogP contribution in [0.1, 0.15) is 31.5 Å². The van der Waals surface area contributed by atoms with Crippen LogP contribution in [0, 0.1) is 5.92 Å². The van der Waals surface area contributed by atoms with Gasteiger partial charge in [0.1, 0.15) is 4.34 Å². The Balaban J connectivity index is 1.81. The summed E-state index contributed by atoms with van der Waals surface area (Å²) < 4.78 is 0.936. The molecule has 1 aromatic heterocycles. The van der Waals surface area contributed by atoms with Gasteiger partial charge < -0.3 is 5.32 Å². The number of thiazole rings is 1. The molecule has 2 aromatic rings. The molecule has 24 heavy (non-hydrogen) atoms. The summed E-state index contributed by atoms with van der Waals surface area (Å²) in [6.07, 6.45) is 1.32. The number of amides is 1. The van der Waals surface area contributed by atoms with Crippen LogP contribution in [-0.4, -0.2) is 17.4 Å². The van der Waals surface area contributed by atoms with E-state index in [-0.39, 0.29) is 5.91 Å². The highest BCUT2D eigenvalue weighted by Gasteiger charge is 2.09. The van der Waals surface area contributed by atoms with Gasteiger partial charge in [-0.1, -0.05) is 54.9 Å². The van der Waals surface area contributed by atoms with E-state index in [2.05, 4.69) is 24.1 Å². The Morgan fingerprint density at radius 3 is 2.88 bits per heavy atom. The molecule has 0 radical (unpaired) electrons. The third kappa shape index (κ3) is 6.63. The van der Waals surface area contributed by atoms with Gasteiger partial charge in [-0.25, -0.2) is 4.98 Å². The third-order valence-corrected chi connectivity index (χ3v) is 5.99. The zero-order chi connectivity index (χ0) is 17.5. The van der Waals surface area contributed by atoms with Crippen molar-refractivity contribution in [2.24, 2.45) is 5.92 Å². The van der Waals surface area contributed by atoms with E-state index >= 15 is 0 Å². The van der Waals surface area contributed by atoms with Crippen molar-refractivity contribution in [2.75, 3.05) is 6.54 Å². The van der Waals surface area contributed by atoms with Gasteiger partial charge in [0.25, 0.3) is 0 Å². The van der Waals surface area contributed by atoms with Crippen molar-refractivity contribution in [3.63, 3.8) is 0 Å². The first-order valence-corrected chi connectivity index (χ1v) is 10.3. The van der Waals surface area contributed by atoms with Crippen molar-refractivity contribution >= 4 is 52.2 Å². The maximum atomic E-state index is 11.9. The van der Waals surface area contributed by atoms with Crippen LogP contribution in [0.15, 0.2) is 27.9 Å². The Morgan fingerprint density at radius 1 is 1.38 bits per heavy atom. The van der Waals surface area contributed by atoms with Crippen LogP contribution in [0.4, 0.5) is 0 Å². The fourth-order valence-corrected chi connectivity index (χ4v) is 4.34. The Hall–Kier alpha value is -0.750. The van der Waals surface area contributed by atoms with Gasteiger partial charge in [-0.05, 0) is 30.0 Å². The van der Waals surface area contributed by atoms with E-state index in [0.717, 1.165) is 34.3 Å². The Bertz CT molecular complexity index is 689. The number of thioether (sulfide) groups is 1.